The van der Waals surface area contributed by atoms with E-state index in [-0.39, 0.29) is 17.0 Å². The number of oxazole rings is 1. The normalized spacial score (nSPS) is 11.6. The van der Waals surface area contributed by atoms with E-state index in [2.05, 4.69) is 20.1 Å². The third kappa shape index (κ3) is 2.01. The van der Waals surface area contributed by atoms with Crippen LogP contribution >= 0.6 is 11.6 Å². The van der Waals surface area contributed by atoms with Crippen LogP contribution in [0.25, 0.3) is 17.4 Å². The van der Waals surface area contributed by atoms with E-state index in [1.165, 1.54) is 4.52 Å². The molecule has 0 amide bonds. The topological polar surface area (TPSA) is 95.1 Å². The van der Waals surface area contributed by atoms with Crippen molar-refractivity contribution in [2.45, 2.75) is 19.8 Å². The molecule has 0 atom stereocenters. The Morgan fingerprint density at radius 3 is 2.79 bits per heavy atom. The van der Waals surface area contributed by atoms with Crippen LogP contribution in [0.15, 0.2) is 16.7 Å². The molecule has 0 unspecified atom stereocenters. The zero-order valence-corrected chi connectivity index (χ0v) is 11.1. The second-order valence-corrected chi connectivity index (χ2v) is 4.76. The first-order chi connectivity index (χ1) is 9.04. The minimum atomic E-state index is 0.164. The van der Waals surface area contributed by atoms with Crippen LogP contribution < -0.4 is 5.73 Å². The first-order valence-corrected chi connectivity index (χ1v) is 6.07. The maximum absolute atomic E-state index is 5.81. The summed E-state index contributed by atoms with van der Waals surface area (Å²) in [5.74, 6) is 1.14. The van der Waals surface area contributed by atoms with Gasteiger partial charge in [-0.15, -0.1) is 5.10 Å². The van der Waals surface area contributed by atoms with Crippen molar-refractivity contribution in [1.82, 2.24) is 24.6 Å². The Morgan fingerprint density at radius 1 is 1.32 bits per heavy atom. The van der Waals surface area contributed by atoms with Crippen LogP contribution in [0.3, 0.4) is 0 Å². The Bertz CT molecular complexity index is 747. The molecule has 2 N–H and O–H groups in total. The van der Waals surface area contributed by atoms with Crippen LogP contribution in [-0.2, 0) is 0 Å². The van der Waals surface area contributed by atoms with Crippen LogP contribution in [0.2, 0.25) is 5.15 Å². The van der Waals surface area contributed by atoms with Gasteiger partial charge in [-0.3, -0.25) is 0 Å². The van der Waals surface area contributed by atoms with Gasteiger partial charge in [0.25, 0.3) is 5.89 Å². The zero-order valence-electron chi connectivity index (χ0n) is 10.3. The van der Waals surface area contributed by atoms with Gasteiger partial charge in [-0.1, -0.05) is 25.4 Å². The molecule has 19 heavy (non-hydrogen) atoms. The molecule has 3 aromatic rings. The lowest BCUT2D eigenvalue weighted by Gasteiger charge is -1.95. The molecule has 98 valence electrons. The van der Waals surface area contributed by atoms with E-state index in [0.717, 1.165) is 5.69 Å². The van der Waals surface area contributed by atoms with Crippen LogP contribution in [0.5, 0.6) is 0 Å². The van der Waals surface area contributed by atoms with E-state index >= 15 is 0 Å². The van der Waals surface area contributed by atoms with Crippen molar-refractivity contribution >= 4 is 23.2 Å². The summed E-state index contributed by atoms with van der Waals surface area (Å²) < 4.78 is 6.76. The largest absolute Gasteiger partial charge is 0.442 e. The fourth-order valence-electron chi connectivity index (χ4n) is 1.63. The monoisotopic (exact) mass is 278 g/mol. The summed E-state index contributed by atoms with van der Waals surface area (Å²) in [6.07, 6.45) is 1.60. The smallest absolute Gasteiger partial charge is 0.267 e. The number of halogens is 1. The number of aromatic nitrogens is 5. The molecule has 3 heterocycles. The van der Waals surface area contributed by atoms with Crippen LogP contribution in [0.1, 0.15) is 25.5 Å². The van der Waals surface area contributed by atoms with Crippen molar-refractivity contribution in [2.24, 2.45) is 0 Å². The fourth-order valence-corrected chi connectivity index (χ4v) is 1.81. The molecule has 0 radical (unpaired) electrons. The Kier molecular flexibility index (Phi) is 2.63. The molecule has 0 saturated heterocycles. The van der Waals surface area contributed by atoms with Crippen molar-refractivity contribution in [3.05, 3.63) is 23.2 Å². The Hall–Kier alpha value is -2.15. The summed E-state index contributed by atoms with van der Waals surface area (Å²) in [5.41, 5.74) is 7.06. The summed E-state index contributed by atoms with van der Waals surface area (Å²) in [4.78, 5) is 12.5. The van der Waals surface area contributed by atoms with Gasteiger partial charge >= 0.3 is 0 Å². The van der Waals surface area contributed by atoms with Crippen molar-refractivity contribution in [1.29, 1.82) is 0 Å². The third-order valence-corrected chi connectivity index (χ3v) is 2.82. The summed E-state index contributed by atoms with van der Waals surface area (Å²) in [6.45, 7) is 4.06. The molecular weight excluding hydrogens is 268 g/mol. The molecule has 0 bridgehead atoms. The predicted octanol–water partition coefficient (Wildman–Crippen LogP) is 2.14. The lowest BCUT2D eigenvalue weighted by Crippen LogP contribution is -2.01. The minimum absolute atomic E-state index is 0.164. The van der Waals surface area contributed by atoms with Gasteiger partial charge < -0.3 is 10.2 Å². The van der Waals surface area contributed by atoms with Gasteiger partial charge in [0.1, 0.15) is 11.4 Å². The van der Waals surface area contributed by atoms with Crippen LogP contribution in [0.4, 0.5) is 5.95 Å². The molecule has 7 nitrogen and oxygen atoms in total. The highest BCUT2D eigenvalue weighted by atomic mass is 35.5. The number of nitrogens with zero attached hydrogens (tertiary/aromatic N) is 5. The first-order valence-electron chi connectivity index (χ1n) is 5.69. The zero-order chi connectivity index (χ0) is 13.6. The maximum atomic E-state index is 5.81. The first kappa shape index (κ1) is 11.9. The molecule has 0 aliphatic rings. The standard InChI is InChI=1S/C11H11ClN6O/c1-5(2)6-4-19-10(14-6)9-16-8-3-7(12)15-11(13)18(8)17-9/h3-5H,1-2H3,(H2,13,15). The van der Waals surface area contributed by atoms with Crippen LogP contribution in [-0.4, -0.2) is 24.6 Å². The van der Waals surface area contributed by atoms with E-state index in [9.17, 15) is 0 Å². The lowest BCUT2D eigenvalue weighted by atomic mass is 10.2. The molecule has 0 aliphatic heterocycles. The van der Waals surface area contributed by atoms with Gasteiger partial charge in [0, 0.05) is 6.07 Å². The highest BCUT2D eigenvalue weighted by Crippen LogP contribution is 2.21. The van der Waals surface area contributed by atoms with Crippen molar-refractivity contribution in [3.8, 4) is 11.7 Å². The van der Waals surface area contributed by atoms with E-state index in [1.807, 2.05) is 13.8 Å². The van der Waals surface area contributed by atoms with Crippen molar-refractivity contribution in [2.75, 3.05) is 5.73 Å². The minimum Gasteiger partial charge on any atom is -0.442 e. The summed E-state index contributed by atoms with van der Waals surface area (Å²) >= 11 is 5.81. The number of hydrogen-bond donors (Lipinski definition) is 1. The highest BCUT2D eigenvalue weighted by molar-refractivity contribution is 6.29. The molecule has 0 fully saturated rings. The van der Waals surface area contributed by atoms with E-state index in [4.69, 9.17) is 21.8 Å². The molecule has 0 saturated carbocycles. The number of nitrogen functional groups attached to an aromatic ring is 1. The Balaban J connectivity index is 2.12. The van der Waals surface area contributed by atoms with E-state index in [1.54, 1.807) is 12.3 Å². The Labute approximate surface area is 113 Å². The summed E-state index contributed by atoms with van der Waals surface area (Å²) in [5, 5.41) is 4.46. The molecule has 3 aromatic heterocycles. The number of rotatable bonds is 2. The second kappa shape index (κ2) is 4.20. The number of nitrogens with two attached hydrogens (primary N) is 1. The molecule has 0 aromatic carbocycles. The fraction of sp³-hybridized carbons (Fsp3) is 0.273. The number of anilines is 1. The third-order valence-electron chi connectivity index (χ3n) is 2.62. The van der Waals surface area contributed by atoms with Gasteiger partial charge in [0.05, 0.1) is 5.69 Å². The average molecular weight is 279 g/mol. The Morgan fingerprint density at radius 2 is 2.11 bits per heavy atom. The van der Waals surface area contributed by atoms with Gasteiger partial charge in [0.15, 0.2) is 5.65 Å². The van der Waals surface area contributed by atoms with Crippen molar-refractivity contribution < 1.29 is 4.42 Å². The second-order valence-electron chi connectivity index (χ2n) is 4.37. The molecule has 3 rings (SSSR count). The molecule has 0 aliphatic carbocycles. The highest BCUT2D eigenvalue weighted by Gasteiger charge is 2.15. The van der Waals surface area contributed by atoms with E-state index in [0.29, 0.717) is 17.4 Å². The molecular formula is C11H11ClN6O. The average Bonchev–Trinajstić information content (AvgIpc) is 2.92. The van der Waals surface area contributed by atoms with E-state index < -0.39 is 0 Å². The van der Waals surface area contributed by atoms with Crippen molar-refractivity contribution in [3.63, 3.8) is 0 Å². The quantitative estimate of drug-likeness (QED) is 0.722. The SMILES string of the molecule is CC(C)c1coc(-c2nc3cc(Cl)nc(N)n3n2)n1. The summed E-state index contributed by atoms with van der Waals surface area (Å²) in [7, 11) is 0. The van der Waals surface area contributed by atoms with Gasteiger partial charge in [0.2, 0.25) is 11.8 Å². The number of fused-ring (bicyclic) bond motifs is 1. The predicted molar refractivity (Wildman–Crippen MR) is 69.8 cm³/mol. The molecule has 8 heteroatoms. The summed E-state index contributed by atoms with van der Waals surface area (Å²) in [6, 6.07) is 1.57. The number of hydrogen-bond acceptors (Lipinski definition) is 6. The maximum Gasteiger partial charge on any atom is 0.267 e. The van der Waals surface area contributed by atoms with Gasteiger partial charge in [-0.05, 0) is 5.92 Å². The molecule has 0 spiro atoms. The lowest BCUT2D eigenvalue weighted by molar-refractivity contribution is 0.566. The van der Waals surface area contributed by atoms with Crippen LogP contribution in [0, 0.1) is 0 Å². The van der Waals surface area contributed by atoms with Gasteiger partial charge in [-0.2, -0.15) is 4.52 Å². The van der Waals surface area contributed by atoms with Gasteiger partial charge in [-0.25, -0.2) is 15.0 Å².